The zero-order valence-electron chi connectivity index (χ0n) is 28.4. The molecule has 10 rings (SSSR count). The standard InChI is InChI=1S/C50H33NS/c1-2-12-38-32-39(21-20-34(38)10-1)35-22-27-41(28-23-35)51(42-29-24-37(25-30-42)44-17-9-13-36-11-3-4-14-43(36)44)48-18-7-5-15-45(48)40-26-31-50-47(33-40)46-16-6-8-19-49(46)52-50/h1-33H. The molecule has 1 heterocycles. The monoisotopic (exact) mass is 679 g/mol. The van der Waals surface area contributed by atoms with E-state index < -0.39 is 0 Å². The molecule has 0 fully saturated rings. The number of thiophene rings is 1. The van der Waals surface area contributed by atoms with Crippen molar-refractivity contribution in [2.45, 2.75) is 0 Å². The molecule has 0 atom stereocenters. The maximum atomic E-state index is 2.41. The number of fused-ring (bicyclic) bond motifs is 5. The average Bonchev–Trinajstić information content (AvgIpc) is 3.59. The van der Waals surface area contributed by atoms with Gasteiger partial charge in [-0.15, -0.1) is 11.3 Å². The molecule has 0 N–H and O–H groups in total. The molecule has 0 radical (unpaired) electrons. The van der Waals surface area contributed by atoms with E-state index in [2.05, 4.69) is 205 Å². The number of anilines is 3. The van der Waals surface area contributed by atoms with Crippen molar-refractivity contribution in [2.75, 3.05) is 4.90 Å². The Kier molecular flexibility index (Phi) is 7.41. The SMILES string of the molecule is c1ccc(N(c2ccc(-c3ccc4ccccc4c3)cc2)c2ccc(-c3cccc4ccccc34)cc2)c(-c2ccc3sc4ccccc4c3c2)c1. The van der Waals surface area contributed by atoms with E-state index >= 15 is 0 Å². The highest BCUT2D eigenvalue weighted by Gasteiger charge is 2.18. The van der Waals surface area contributed by atoms with E-state index in [1.54, 1.807) is 0 Å². The van der Waals surface area contributed by atoms with Crippen molar-refractivity contribution < 1.29 is 0 Å². The van der Waals surface area contributed by atoms with Crippen LogP contribution in [0.2, 0.25) is 0 Å². The van der Waals surface area contributed by atoms with E-state index in [1.165, 1.54) is 75.1 Å². The van der Waals surface area contributed by atoms with Gasteiger partial charge in [0.05, 0.1) is 5.69 Å². The zero-order valence-corrected chi connectivity index (χ0v) is 29.2. The van der Waals surface area contributed by atoms with Crippen LogP contribution in [0.3, 0.4) is 0 Å². The Morgan fingerprint density at radius 2 is 0.885 bits per heavy atom. The fourth-order valence-electron chi connectivity index (χ4n) is 7.67. The number of benzene rings is 9. The van der Waals surface area contributed by atoms with Gasteiger partial charge in [0.2, 0.25) is 0 Å². The number of hydrogen-bond acceptors (Lipinski definition) is 2. The van der Waals surface area contributed by atoms with E-state index in [9.17, 15) is 0 Å². The van der Waals surface area contributed by atoms with Gasteiger partial charge < -0.3 is 4.90 Å². The third-order valence-electron chi connectivity index (χ3n) is 10.3. The van der Waals surface area contributed by atoms with Gasteiger partial charge in [0.1, 0.15) is 0 Å². The molecule has 0 saturated heterocycles. The Balaban J connectivity index is 1.11. The second-order valence-electron chi connectivity index (χ2n) is 13.3. The fourth-order valence-corrected chi connectivity index (χ4v) is 8.76. The van der Waals surface area contributed by atoms with Crippen molar-refractivity contribution in [3.63, 3.8) is 0 Å². The minimum atomic E-state index is 1.11. The predicted octanol–water partition coefficient (Wildman–Crippen LogP) is 14.8. The normalized spacial score (nSPS) is 11.5. The molecule has 10 aromatic rings. The van der Waals surface area contributed by atoms with Gasteiger partial charge in [-0.2, -0.15) is 0 Å². The Bertz CT molecular complexity index is 2890. The van der Waals surface area contributed by atoms with Crippen molar-refractivity contribution in [1.29, 1.82) is 0 Å². The molecular formula is C50H33NS. The Morgan fingerprint density at radius 1 is 0.308 bits per heavy atom. The van der Waals surface area contributed by atoms with E-state index in [-0.39, 0.29) is 0 Å². The Hall–Kier alpha value is -6.48. The molecule has 52 heavy (non-hydrogen) atoms. The number of nitrogens with zero attached hydrogens (tertiary/aromatic N) is 1. The van der Waals surface area contributed by atoms with Crippen LogP contribution in [0.4, 0.5) is 17.1 Å². The first kappa shape index (κ1) is 30.4. The number of rotatable bonds is 6. The quantitative estimate of drug-likeness (QED) is 0.169. The lowest BCUT2D eigenvalue weighted by atomic mass is 9.97. The van der Waals surface area contributed by atoms with Crippen LogP contribution in [-0.2, 0) is 0 Å². The molecule has 244 valence electrons. The van der Waals surface area contributed by atoms with E-state index in [0.29, 0.717) is 0 Å². The van der Waals surface area contributed by atoms with Crippen LogP contribution >= 0.6 is 11.3 Å². The molecule has 0 unspecified atom stereocenters. The summed E-state index contributed by atoms with van der Waals surface area (Å²) in [5, 5.41) is 7.64. The second kappa shape index (κ2) is 12.7. The topological polar surface area (TPSA) is 3.24 Å². The van der Waals surface area contributed by atoms with Gasteiger partial charge in [0, 0.05) is 37.1 Å². The fraction of sp³-hybridized carbons (Fsp3) is 0. The first-order valence-corrected chi connectivity index (χ1v) is 18.6. The molecule has 0 saturated carbocycles. The molecule has 0 amide bonds. The number of para-hydroxylation sites is 1. The van der Waals surface area contributed by atoms with Gasteiger partial charge in [-0.05, 0) is 104 Å². The van der Waals surface area contributed by atoms with E-state index in [1.807, 2.05) is 11.3 Å². The maximum Gasteiger partial charge on any atom is 0.0540 e. The lowest BCUT2D eigenvalue weighted by Crippen LogP contribution is -2.11. The van der Waals surface area contributed by atoms with Gasteiger partial charge in [-0.1, -0.05) is 146 Å². The summed E-state index contributed by atoms with van der Waals surface area (Å²) < 4.78 is 2.63. The van der Waals surface area contributed by atoms with Gasteiger partial charge in [-0.3, -0.25) is 0 Å². The Morgan fingerprint density at radius 3 is 1.71 bits per heavy atom. The smallest absolute Gasteiger partial charge is 0.0540 e. The van der Waals surface area contributed by atoms with Crippen LogP contribution in [0.5, 0.6) is 0 Å². The van der Waals surface area contributed by atoms with Crippen LogP contribution in [0.15, 0.2) is 200 Å². The summed E-state index contributed by atoms with van der Waals surface area (Å²) in [5.41, 5.74) is 10.6. The van der Waals surface area contributed by atoms with Crippen LogP contribution in [0, 0.1) is 0 Å². The predicted molar refractivity (Wildman–Crippen MR) is 225 cm³/mol. The van der Waals surface area contributed by atoms with Gasteiger partial charge in [-0.25, -0.2) is 0 Å². The summed E-state index contributed by atoms with van der Waals surface area (Å²) >= 11 is 1.86. The van der Waals surface area contributed by atoms with Crippen molar-refractivity contribution in [1.82, 2.24) is 0 Å². The number of hydrogen-bond donors (Lipinski definition) is 0. The maximum absolute atomic E-state index is 2.41. The minimum Gasteiger partial charge on any atom is -0.310 e. The molecule has 2 heteroatoms. The zero-order chi connectivity index (χ0) is 34.4. The summed E-state index contributed by atoms with van der Waals surface area (Å²) in [4.78, 5) is 2.41. The highest BCUT2D eigenvalue weighted by Crippen LogP contribution is 2.44. The summed E-state index contributed by atoms with van der Waals surface area (Å²) in [6.45, 7) is 0. The van der Waals surface area contributed by atoms with E-state index in [0.717, 1.165) is 17.1 Å². The Labute approximate surface area is 307 Å². The third-order valence-corrected chi connectivity index (χ3v) is 11.4. The van der Waals surface area contributed by atoms with Crippen LogP contribution in [0.1, 0.15) is 0 Å². The highest BCUT2D eigenvalue weighted by atomic mass is 32.1. The summed E-state index contributed by atoms with van der Waals surface area (Å²) in [6.07, 6.45) is 0. The lowest BCUT2D eigenvalue weighted by Gasteiger charge is -2.28. The van der Waals surface area contributed by atoms with Crippen LogP contribution in [0.25, 0.3) is 75.1 Å². The van der Waals surface area contributed by atoms with Crippen molar-refractivity contribution >= 4 is 70.1 Å². The minimum absolute atomic E-state index is 1.11. The molecule has 1 nitrogen and oxygen atoms in total. The summed E-state index contributed by atoms with van der Waals surface area (Å²) in [5.74, 6) is 0. The van der Waals surface area contributed by atoms with Crippen molar-refractivity contribution in [2.24, 2.45) is 0 Å². The van der Waals surface area contributed by atoms with Crippen LogP contribution < -0.4 is 4.90 Å². The molecular weight excluding hydrogens is 647 g/mol. The molecule has 0 aliphatic carbocycles. The van der Waals surface area contributed by atoms with Crippen molar-refractivity contribution in [3.05, 3.63) is 200 Å². The van der Waals surface area contributed by atoms with Gasteiger partial charge >= 0.3 is 0 Å². The molecule has 0 spiro atoms. The highest BCUT2D eigenvalue weighted by molar-refractivity contribution is 7.25. The second-order valence-corrected chi connectivity index (χ2v) is 14.4. The van der Waals surface area contributed by atoms with E-state index in [4.69, 9.17) is 0 Å². The summed E-state index contributed by atoms with van der Waals surface area (Å²) in [6, 6.07) is 73.0. The van der Waals surface area contributed by atoms with Crippen molar-refractivity contribution in [3.8, 4) is 33.4 Å². The average molecular weight is 680 g/mol. The largest absolute Gasteiger partial charge is 0.310 e. The lowest BCUT2D eigenvalue weighted by molar-refractivity contribution is 1.28. The van der Waals surface area contributed by atoms with Gasteiger partial charge in [0.15, 0.2) is 0 Å². The summed E-state index contributed by atoms with van der Waals surface area (Å²) in [7, 11) is 0. The molecule has 9 aromatic carbocycles. The first-order valence-electron chi connectivity index (χ1n) is 17.8. The molecule has 1 aromatic heterocycles. The molecule has 0 aliphatic rings. The molecule has 0 aliphatic heterocycles. The first-order chi connectivity index (χ1) is 25.8. The molecule has 0 bridgehead atoms. The van der Waals surface area contributed by atoms with Gasteiger partial charge in [0.25, 0.3) is 0 Å². The third kappa shape index (κ3) is 5.33. The van der Waals surface area contributed by atoms with Crippen LogP contribution in [-0.4, -0.2) is 0 Å².